The van der Waals surface area contributed by atoms with Crippen LogP contribution >= 0.6 is 0 Å². The van der Waals surface area contributed by atoms with E-state index in [9.17, 15) is 19.2 Å². The van der Waals surface area contributed by atoms with Crippen LogP contribution in [0.3, 0.4) is 0 Å². The quantitative estimate of drug-likeness (QED) is 0.407. The number of hydrogen-bond acceptors (Lipinski definition) is 5. The van der Waals surface area contributed by atoms with E-state index in [1.54, 1.807) is 6.29 Å². The van der Waals surface area contributed by atoms with Crippen LogP contribution in [-0.4, -0.2) is 48.2 Å². The third kappa shape index (κ3) is 9.50. The maximum absolute atomic E-state index is 12.4. The minimum absolute atomic E-state index is 0.144. The van der Waals surface area contributed by atoms with E-state index in [4.69, 9.17) is 5.73 Å². The predicted octanol–water partition coefficient (Wildman–Crippen LogP) is 0.00980. The molecule has 0 saturated carbocycles. The predicted molar refractivity (Wildman–Crippen MR) is 99.7 cm³/mol. The van der Waals surface area contributed by atoms with Gasteiger partial charge in [-0.1, -0.05) is 27.7 Å². The van der Waals surface area contributed by atoms with Crippen LogP contribution in [0.4, 0.5) is 0 Å². The molecule has 0 aromatic carbocycles. The molecule has 0 aliphatic carbocycles. The van der Waals surface area contributed by atoms with Gasteiger partial charge in [-0.25, -0.2) is 0 Å². The van der Waals surface area contributed by atoms with E-state index >= 15 is 0 Å². The molecule has 0 aliphatic rings. The van der Waals surface area contributed by atoms with Gasteiger partial charge < -0.3 is 21.7 Å². The molecule has 0 bridgehead atoms. The smallest absolute Gasteiger partial charge is 0.243 e. The van der Waals surface area contributed by atoms with Crippen molar-refractivity contribution in [1.82, 2.24) is 16.0 Å². The molecule has 26 heavy (non-hydrogen) atoms. The lowest BCUT2D eigenvalue weighted by Gasteiger charge is -2.24. The Balaban J connectivity index is 4.83. The largest absolute Gasteiger partial charge is 0.344 e. The first-order chi connectivity index (χ1) is 12.0. The number of nitrogens with one attached hydrogen (secondary N) is 3. The highest BCUT2D eigenvalue weighted by Crippen LogP contribution is 2.06. The van der Waals surface area contributed by atoms with Gasteiger partial charge in [0, 0.05) is 0 Å². The SMILES string of the molecule is CC(C)C[C@H](NC(=O)[C@H](C)NC(=O)[C@@H](N)CC(C)C)C(=O)N[C@@H](C)[C]=O. The molecule has 8 heteroatoms. The van der Waals surface area contributed by atoms with Crippen LogP contribution in [0.5, 0.6) is 0 Å². The molecule has 149 valence electrons. The second kappa shape index (κ2) is 11.6. The summed E-state index contributed by atoms with van der Waals surface area (Å²) in [5, 5.41) is 7.67. The van der Waals surface area contributed by atoms with E-state index in [1.165, 1.54) is 13.8 Å². The number of amides is 3. The Kier molecular flexibility index (Phi) is 10.7. The molecule has 3 amide bonds. The lowest BCUT2D eigenvalue weighted by molar-refractivity contribution is -0.132. The summed E-state index contributed by atoms with van der Waals surface area (Å²) in [6.07, 6.45) is 2.58. The molecule has 5 N–H and O–H groups in total. The normalized spacial score (nSPS) is 15.7. The fourth-order valence-electron chi connectivity index (χ4n) is 2.34. The zero-order valence-electron chi connectivity index (χ0n) is 16.6. The first-order valence-corrected chi connectivity index (χ1v) is 9.02. The van der Waals surface area contributed by atoms with E-state index in [0.717, 1.165) is 0 Å². The molecular formula is C18H33N4O4. The van der Waals surface area contributed by atoms with E-state index in [1.807, 2.05) is 27.7 Å². The van der Waals surface area contributed by atoms with Crippen molar-refractivity contribution in [2.75, 3.05) is 0 Å². The third-order valence-electron chi connectivity index (χ3n) is 3.69. The van der Waals surface area contributed by atoms with Crippen molar-refractivity contribution >= 4 is 24.0 Å². The fraction of sp³-hybridized carbons (Fsp3) is 0.778. The van der Waals surface area contributed by atoms with Crippen molar-refractivity contribution in [3.8, 4) is 0 Å². The molecule has 8 nitrogen and oxygen atoms in total. The van der Waals surface area contributed by atoms with E-state index in [-0.39, 0.29) is 11.8 Å². The zero-order valence-corrected chi connectivity index (χ0v) is 16.6. The zero-order chi connectivity index (χ0) is 20.4. The highest BCUT2D eigenvalue weighted by molar-refractivity contribution is 5.93. The summed E-state index contributed by atoms with van der Waals surface area (Å²) in [5.74, 6) is -0.950. The highest BCUT2D eigenvalue weighted by Gasteiger charge is 2.27. The van der Waals surface area contributed by atoms with Crippen LogP contribution in [0.2, 0.25) is 0 Å². The van der Waals surface area contributed by atoms with Gasteiger partial charge in [-0.3, -0.25) is 19.2 Å². The lowest BCUT2D eigenvalue weighted by atomic mass is 10.0. The summed E-state index contributed by atoms with van der Waals surface area (Å²) in [7, 11) is 0. The molecule has 0 unspecified atom stereocenters. The van der Waals surface area contributed by atoms with Gasteiger partial charge in [0.05, 0.1) is 12.1 Å². The van der Waals surface area contributed by atoms with Gasteiger partial charge in [-0.05, 0) is 38.5 Å². The molecule has 0 aromatic rings. The van der Waals surface area contributed by atoms with Gasteiger partial charge in [0.25, 0.3) is 0 Å². The van der Waals surface area contributed by atoms with Gasteiger partial charge in [0.1, 0.15) is 12.1 Å². The van der Waals surface area contributed by atoms with Crippen LogP contribution < -0.4 is 21.7 Å². The number of rotatable bonds is 11. The molecule has 0 aromatic heterocycles. The summed E-state index contributed by atoms with van der Waals surface area (Å²) in [4.78, 5) is 47.2. The van der Waals surface area contributed by atoms with Crippen molar-refractivity contribution in [1.29, 1.82) is 0 Å². The molecule has 0 fully saturated rings. The Hall–Kier alpha value is -1.96. The van der Waals surface area contributed by atoms with Crippen LogP contribution in [0.25, 0.3) is 0 Å². The van der Waals surface area contributed by atoms with Crippen molar-refractivity contribution in [3.63, 3.8) is 0 Å². The molecule has 0 heterocycles. The minimum Gasteiger partial charge on any atom is -0.344 e. The van der Waals surface area contributed by atoms with Crippen molar-refractivity contribution in [3.05, 3.63) is 0 Å². The summed E-state index contributed by atoms with van der Waals surface area (Å²) >= 11 is 0. The molecule has 0 spiro atoms. The van der Waals surface area contributed by atoms with Gasteiger partial charge in [-0.15, -0.1) is 0 Å². The molecule has 0 aliphatic heterocycles. The Morgan fingerprint density at radius 3 is 1.81 bits per heavy atom. The number of carbonyl (C=O) groups is 3. The van der Waals surface area contributed by atoms with Crippen LogP contribution in [0, 0.1) is 11.8 Å². The molecule has 0 rings (SSSR count). The van der Waals surface area contributed by atoms with E-state index in [2.05, 4.69) is 16.0 Å². The Labute approximate surface area is 156 Å². The molecule has 1 radical (unpaired) electrons. The summed E-state index contributed by atoms with van der Waals surface area (Å²) in [6.45, 7) is 10.8. The number of hydrogen-bond donors (Lipinski definition) is 4. The second-order valence-corrected chi connectivity index (χ2v) is 7.51. The maximum atomic E-state index is 12.4. The van der Waals surface area contributed by atoms with Crippen molar-refractivity contribution in [2.24, 2.45) is 17.6 Å². The average molecular weight is 369 g/mol. The summed E-state index contributed by atoms with van der Waals surface area (Å²) in [6, 6.07) is -3.09. The first-order valence-electron chi connectivity index (χ1n) is 9.02. The molecule has 4 atom stereocenters. The van der Waals surface area contributed by atoms with Crippen LogP contribution in [-0.2, 0) is 19.2 Å². The monoisotopic (exact) mass is 369 g/mol. The van der Waals surface area contributed by atoms with Gasteiger partial charge in [0.2, 0.25) is 24.0 Å². The van der Waals surface area contributed by atoms with Crippen molar-refractivity contribution in [2.45, 2.75) is 78.6 Å². The van der Waals surface area contributed by atoms with Gasteiger partial charge in [0.15, 0.2) is 0 Å². The highest BCUT2D eigenvalue weighted by atomic mass is 16.2. The molecular weight excluding hydrogens is 336 g/mol. The average Bonchev–Trinajstić information content (AvgIpc) is 2.52. The summed E-state index contributed by atoms with van der Waals surface area (Å²) < 4.78 is 0. The Bertz CT molecular complexity index is 494. The standard InChI is InChI=1S/C18H33N4O4/c1-10(2)7-14(19)17(25)21-13(6)16(24)22-15(8-11(3)4)18(26)20-12(5)9-23/h10-15H,7-8,19H2,1-6H3,(H,20,26)(H,21,25)(H,22,24)/t12-,13-,14-,15-/m0/s1. The van der Waals surface area contributed by atoms with Crippen LogP contribution in [0.15, 0.2) is 0 Å². The van der Waals surface area contributed by atoms with Crippen molar-refractivity contribution < 1.29 is 19.2 Å². The van der Waals surface area contributed by atoms with E-state index < -0.39 is 41.9 Å². The third-order valence-corrected chi connectivity index (χ3v) is 3.69. The minimum atomic E-state index is -0.835. The van der Waals surface area contributed by atoms with Gasteiger partial charge >= 0.3 is 0 Å². The molecule has 0 saturated heterocycles. The lowest BCUT2D eigenvalue weighted by Crippen LogP contribution is -2.55. The number of nitrogens with two attached hydrogens (primary N) is 1. The van der Waals surface area contributed by atoms with E-state index in [0.29, 0.717) is 12.8 Å². The Morgan fingerprint density at radius 1 is 0.808 bits per heavy atom. The first kappa shape index (κ1) is 24.0. The topological polar surface area (TPSA) is 130 Å². The fourth-order valence-corrected chi connectivity index (χ4v) is 2.34. The summed E-state index contributed by atoms with van der Waals surface area (Å²) in [5.41, 5.74) is 5.81. The second-order valence-electron chi connectivity index (χ2n) is 7.51. The van der Waals surface area contributed by atoms with Crippen LogP contribution in [0.1, 0.15) is 54.4 Å². The van der Waals surface area contributed by atoms with Gasteiger partial charge in [-0.2, -0.15) is 0 Å². The maximum Gasteiger partial charge on any atom is 0.243 e. The Morgan fingerprint density at radius 2 is 1.35 bits per heavy atom. The number of carbonyl (C=O) groups excluding carboxylic acids is 4.